The summed E-state index contributed by atoms with van der Waals surface area (Å²) in [6, 6.07) is 11.2. The number of thioether (sulfide) groups is 1. The normalized spacial score (nSPS) is 12.2. The molecule has 136 valence electrons. The zero-order valence-corrected chi connectivity index (χ0v) is 15.8. The summed E-state index contributed by atoms with van der Waals surface area (Å²) in [5, 5.41) is 4.28. The first-order valence-electron chi connectivity index (χ1n) is 8.01. The zero-order valence-electron chi connectivity index (χ0n) is 14.1. The zero-order chi connectivity index (χ0) is 19.0. The minimum Gasteiger partial charge on any atom is -0.266 e. The van der Waals surface area contributed by atoms with Crippen LogP contribution in [0.4, 0.5) is 8.78 Å². The molecular formula is C19H13F2N3OS2. The van der Waals surface area contributed by atoms with Gasteiger partial charge in [0.05, 0.1) is 4.53 Å². The molecule has 0 aliphatic rings. The third-order valence-electron chi connectivity index (χ3n) is 3.93. The van der Waals surface area contributed by atoms with Gasteiger partial charge in [-0.25, -0.2) is 13.8 Å². The molecule has 8 heteroatoms. The lowest BCUT2D eigenvalue weighted by Crippen LogP contribution is -2.23. The van der Waals surface area contributed by atoms with Crippen molar-refractivity contribution >= 4 is 34.1 Å². The summed E-state index contributed by atoms with van der Waals surface area (Å²) in [7, 11) is 0. The van der Waals surface area contributed by atoms with Gasteiger partial charge in [0, 0.05) is 17.4 Å². The summed E-state index contributed by atoms with van der Waals surface area (Å²) in [4.78, 5) is 18.5. The van der Waals surface area contributed by atoms with Crippen LogP contribution < -0.4 is 10.1 Å². The van der Waals surface area contributed by atoms with E-state index in [0.717, 1.165) is 23.0 Å². The molecule has 0 spiro atoms. The molecule has 0 aliphatic carbocycles. The number of rotatable bonds is 4. The molecule has 0 atom stereocenters. The van der Waals surface area contributed by atoms with Crippen molar-refractivity contribution in [2.24, 2.45) is 0 Å². The van der Waals surface area contributed by atoms with E-state index in [2.05, 4.69) is 10.1 Å². The van der Waals surface area contributed by atoms with E-state index in [0.29, 0.717) is 21.7 Å². The van der Waals surface area contributed by atoms with Crippen molar-refractivity contribution in [1.82, 2.24) is 14.6 Å². The molecule has 2 heterocycles. The summed E-state index contributed by atoms with van der Waals surface area (Å²) in [6.07, 6.45) is 3.98. The van der Waals surface area contributed by atoms with Crippen LogP contribution in [0.25, 0.3) is 11.0 Å². The minimum atomic E-state index is -0.692. The Morgan fingerprint density at radius 2 is 1.85 bits per heavy atom. The van der Waals surface area contributed by atoms with Crippen molar-refractivity contribution in [3.8, 4) is 0 Å². The van der Waals surface area contributed by atoms with E-state index in [-0.39, 0.29) is 11.1 Å². The summed E-state index contributed by atoms with van der Waals surface area (Å²) in [5.41, 5.74) is 0.986. The fourth-order valence-corrected chi connectivity index (χ4v) is 4.02. The topological polar surface area (TPSA) is 47.3 Å². The molecule has 0 radical (unpaired) electrons. The first-order valence-corrected chi connectivity index (χ1v) is 10.0. The largest absolute Gasteiger partial charge is 0.291 e. The first kappa shape index (κ1) is 17.8. The van der Waals surface area contributed by atoms with Crippen LogP contribution in [0.2, 0.25) is 0 Å². The summed E-state index contributed by atoms with van der Waals surface area (Å²) < 4.78 is 28.2. The lowest BCUT2D eigenvalue weighted by Gasteiger charge is -1.99. The molecule has 0 N–H and O–H groups in total. The average Bonchev–Trinajstić information content (AvgIpc) is 3.14. The second-order valence-corrected chi connectivity index (χ2v) is 7.75. The Labute approximate surface area is 161 Å². The number of hydrogen-bond acceptors (Lipinski definition) is 5. The van der Waals surface area contributed by atoms with Gasteiger partial charge in [-0.05, 0) is 47.7 Å². The molecule has 0 saturated heterocycles. The van der Waals surface area contributed by atoms with E-state index >= 15 is 0 Å². The molecule has 0 unspecified atom stereocenters. The fraction of sp³-hybridized carbons (Fsp3) is 0.105. The smallest absolute Gasteiger partial charge is 0.266 e. The van der Waals surface area contributed by atoms with Crippen LogP contribution in [0.15, 0.2) is 52.2 Å². The number of thiazole rings is 1. The van der Waals surface area contributed by atoms with Gasteiger partial charge < -0.3 is 0 Å². The van der Waals surface area contributed by atoms with E-state index in [1.165, 1.54) is 27.6 Å². The SMILES string of the molecule is CSc1ccc(Cc2nc3s/c(=C\c4cc(F)cc(F)c4)c(=O)n3n2)cc1. The van der Waals surface area contributed by atoms with Crippen molar-refractivity contribution in [2.45, 2.75) is 11.3 Å². The number of hydrogen-bond donors (Lipinski definition) is 0. The number of halogens is 2. The van der Waals surface area contributed by atoms with Crippen LogP contribution in [0.5, 0.6) is 0 Å². The fourth-order valence-electron chi connectivity index (χ4n) is 2.68. The molecule has 0 bridgehead atoms. The molecule has 0 saturated carbocycles. The highest BCUT2D eigenvalue weighted by molar-refractivity contribution is 7.98. The quantitative estimate of drug-likeness (QED) is 0.493. The van der Waals surface area contributed by atoms with Crippen LogP contribution in [-0.2, 0) is 6.42 Å². The Kier molecular flexibility index (Phi) is 4.75. The highest BCUT2D eigenvalue weighted by atomic mass is 32.2. The van der Waals surface area contributed by atoms with Gasteiger partial charge in [0.25, 0.3) is 5.56 Å². The van der Waals surface area contributed by atoms with E-state index < -0.39 is 11.6 Å². The predicted molar refractivity (Wildman–Crippen MR) is 103 cm³/mol. The Balaban J connectivity index is 1.66. The maximum atomic E-state index is 13.3. The van der Waals surface area contributed by atoms with Gasteiger partial charge >= 0.3 is 0 Å². The summed E-state index contributed by atoms with van der Waals surface area (Å²) in [5.74, 6) is -0.829. The number of aromatic nitrogens is 3. The average molecular weight is 401 g/mol. The van der Waals surface area contributed by atoms with Crippen molar-refractivity contribution in [3.05, 3.63) is 85.9 Å². The molecular weight excluding hydrogens is 388 g/mol. The van der Waals surface area contributed by atoms with E-state index in [9.17, 15) is 13.6 Å². The Morgan fingerprint density at radius 1 is 1.15 bits per heavy atom. The molecule has 0 fully saturated rings. The van der Waals surface area contributed by atoms with Crippen molar-refractivity contribution in [1.29, 1.82) is 0 Å². The lowest BCUT2D eigenvalue weighted by atomic mass is 10.1. The standard InChI is InChI=1S/C19H13F2N3OS2/c1-26-15-4-2-11(3-5-15)9-17-22-19-24(23-17)18(25)16(27-19)8-12-6-13(20)10-14(21)7-12/h2-8,10H,9H2,1H3/b16-8-. The molecule has 0 aliphatic heterocycles. The first-order chi connectivity index (χ1) is 13.0. The molecule has 27 heavy (non-hydrogen) atoms. The molecule has 2 aromatic heterocycles. The second kappa shape index (κ2) is 7.21. The summed E-state index contributed by atoms with van der Waals surface area (Å²) >= 11 is 2.81. The number of nitrogens with zero attached hydrogens (tertiary/aromatic N) is 3. The minimum absolute atomic E-state index is 0.281. The van der Waals surface area contributed by atoms with Gasteiger partial charge in [-0.3, -0.25) is 4.79 Å². The monoisotopic (exact) mass is 401 g/mol. The third kappa shape index (κ3) is 3.77. The highest BCUT2D eigenvalue weighted by Crippen LogP contribution is 2.16. The van der Waals surface area contributed by atoms with Gasteiger partial charge in [0.1, 0.15) is 11.6 Å². The van der Waals surface area contributed by atoms with Gasteiger partial charge in [0.15, 0.2) is 5.82 Å². The van der Waals surface area contributed by atoms with Crippen LogP contribution >= 0.6 is 23.1 Å². The molecule has 4 aromatic rings. The van der Waals surface area contributed by atoms with E-state index in [1.54, 1.807) is 11.8 Å². The van der Waals surface area contributed by atoms with Gasteiger partial charge in [0.2, 0.25) is 4.96 Å². The van der Waals surface area contributed by atoms with Gasteiger partial charge in [-0.15, -0.1) is 16.9 Å². The van der Waals surface area contributed by atoms with E-state index in [4.69, 9.17) is 0 Å². The maximum Gasteiger partial charge on any atom is 0.291 e. The third-order valence-corrected chi connectivity index (χ3v) is 5.63. The molecule has 4 rings (SSSR count). The van der Waals surface area contributed by atoms with Gasteiger partial charge in [-0.2, -0.15) is 4.52 Å². The summed E-state index contributed by atoms with van der Waals surface area (Å²) in [6.45, 7) is 0. The van der Waals surface area contributed by atoms with Crippen molar-refractivity contribution < 1.29 is 8.78 Å². The van der Waals surface area contributed by atoms with E-state index in [1.807, 2.05) is 30.5 Å². The Morgan fingerprint density at radius 3 is 2.48 bits per heavy atom. The molecule has 4 nitrogen and oxygen atoms in total. The van der Waals surface area contributed by atoms with Crippen LogP contribution in [0.3, 0.4) is 0 Å². The maximum absolute atomic E-state index is 13.3. The van der Waals surface area contributed by atoms with Crippen molar-refractivity contribution in [2.75, 3.05) is 6.26 Å². The lowest BCUT2D eigenvalue weighted by molar-refractivity contribution is 0.583. The predicted octanol–water partition coefficient (Wildman–Crippen LogP) is 3.29. The Bertz CT molecular complexity index is 1210. The highest BCUT2D eigenvalue weighted by Gasteiger charge is 2.11. The Hall–Kier alpha value is -2.58. The van der Waals surface area contributed by atoms with Crippen LogP contribution in [0.1, 0.15) is 17.0 Å². The van der Waals surface area contributed by atoms with Crippen LogP contribution in [0, 0.1) is 11.6 Å². The number of fused-ring (bicyclic) bond motifs is 1. The van der Waals surface area contributed by atoms with Crippen molar-refractivity contribution in [3.63, 3.8) is 0 Å². The second-order valence-electron chi connectivity index (χ2n) is 5.87. The van der Waals surface area contributed by atoms with Crippen LogP contribution in [-0.4, -0.2) is 20.9 Å². The molecule has 0 amide bonds. The van der Waals surface area contributed by atoms with Gasteiger partial charge in [-0.1, -0.05) is 23.5 Å². The molecule has 2 aromatic carbocycles. The number of benzene rings is 2.